The van der Waals surface area contributed by atoms with Gasteiger partial charge in [0.2, 0.25) is 0 Å². The first-order chi connectivity index (χ1) is 8.75. The fraction of sp³-hybridized carbons (Fsp3) is 0.500. The number of rotatable bonds is 3. The van der Waals surface area contributed by atoms with E-state index in [0.717, 1.165) is 11.4 Å². The van der Waals surface area contributed by atoms with E-state index < -0.39 is 0 Å². The summed E-state index contributed by atoms with van der Waals surface area (Å²) in [5.41, 5.74) is 9.06. The largest absolute Gasteiger partial charge is 0.324 e. The van der Waals surface area contributed by atoms with Crippen LogP contribution in [0.1, 0.15) is 44.1 Å². The second-order valence-corrected chi connectivity index (χ2v) is 5.61. The van der Waals surface area contributed by atoms with Gasteiger partial charge in [0.15, 0.2) is 0 Å². The molecule has 1 atom stereocenters. The van der Waals surface area contributed by atoms with Crippen molar-refractivity contribution in [3.63, 3.8) is 0 Å². The maximum absolute atomic E-state index is 6.34. The fourth-order valence-corrected chi connectivity index (χ4v) is 2.68. The molecule has 0 spiro atoms. The van der Waals surface area contributed by atoms with Crippen molar-refractivity contribution in [2.45, 2.75) is 51.0 Å². The second-order valence-electron chi connectivity index (χ2n) is 5.17. The molecule has 2 heteroatoms. The first-order valence-corrected chi connectivity index (χ1v) is 7.32. The maximum Gasteiger partial charge on any atom is 0.0406 e. The zero-order valence-electron chi connectivity index (χ0n) is 10.9. The minimum atomic E-state index is 0.171. The Balaban J connectivity index is 1.97. The number of hydrogen-bond acceptors (Lipinski definition) is 1. The van der Waals surface area contributed by atoms with Crippen molar-refractivity contribution in [3.05, 3.63) is 46.5 Å². The molecule has 0 radical (unpaired) electrons. The molecule has 1 unspecified atom stereocenters. The molecule has 0 bridgehead atoms. The SMILES string of the molecule is NC(Cc1ccc(Cl)cc1)/C1=C/CCCCCC1. The summed E-state index contributed by atoms with van der Waals surface area (Å²) in [5, 5.41) is 0.789. The van der Waals surface area contributed by atoms with Gasteiger partial charge in [-0.25, -0.2) is 0 Å². The van der Waals surface area contributed by atoms with E-state index in [4.69, 9.17) is 17.3 Å². The fourth-order valence-electron chi connectivity index (χ4n) is 2.56. The topological polar surface area (TPSA) is 26.0 Å². The third-order valence-electron chi connectivity index (χ3n) is 3.67. The second kappa shape index (κ2) is 6.96. The number of benzene rings is 1. The molecule has 2 N–H and O–H groups in total. The highest BCUT2D eigenvalue weighted by atomic mass is 35.5. The van der Waals surface area contributed by atoms with Crippen molar-refractivity contribution in [1.29, 1.82) is 0 Å². The quantitative estimate of drug-likeness (QED) is 0.799. The monoisotopic (exact) mass is 263 g/mol. The summed E-state index contributed by atoms with van der Waals surface area (Å²) in [7, 11) is 0. The Morgan fingerprint density at radius 3 is 2.56 bits per heavy atom. The van der Waals surface area contributed by atoms with Gasteiger partial charge in [0.1, 0.15) is 0 Å². The molecule has 98 valence electrons. The van der Waals surface area contributed by atoms with Gasteiger partial charge in [0, 0.05) is 11.1 Å². The number of halogens is 1. The summed E-state index contributed by atoms with van der Waals surface area (Å²) in [6, 6.07) is 8.20. The highest BCUT2D eigenvalue weighted by Gasteiger charge is 2.11. The van der Waals surface area contributed by atoms with Crippen LogP contribution in [-0.4, -0.2) is 6.04 Å². The highest BCUT2D eigenvalue weighted by molar-refractivity contribution is 6.30. The van der Waals surface area contributed by atoms with Gasteiger partial charge in [-0.1, -0.05) is 48.2 Å². The van der Waals surface area contributed by atoms with Gasteiger partial charge in [0.25, 0.3) is 0 Å². The molecule has 0 fully saturated rings. The van der Waals surface area contributed by atoms with Crippen LogP contribution in [0.5, 0.6) is 0 Å². The molecule has 1 aliphatic rings. The van der Waals surface area contributed by atoms with Gasteiger partial charge < -0.3 is 5.73 Å². The van der Waals surface area contributed by atoms with Crippen molar-refractivity contribution in [1.82, 2.24) is 0 Å². The molecule has 0 saturated carbocycles. The van der Waals surface area contributed by atoms with Crippen molar-refractivity contribution in [3.8, 4) is 0 Å². The van der Waals surface area contributed by atoms with E-state index in [1.165, 1.54) is 49.7 Å². The lowest BCUT2D eigenvalue weighted by atomic mass is 9.92. The first-order valence-electron chi connectivity index (χ1n) is 6.94. The molecule has 1 aromatic rings. The van der Waals surface area contributed by atoms with E-state index in [2.05, 4.69) is 18.2 Å². The molecule has 2 rings (SSSR count). The van der Waals surface area contributed by atoms with E-state index in [1.807, 2.05) is 12.1 Å². The van der Waals surface area contributed by atoms with E-state index in [0.29, 0.717) is 0 Å². The van der Waals surface area contributed by atoms with E-state index in [-0.39, 0.29) is 6.04 Å². The molecular formula is C16H22ClN. The molecule has 0 aromatic heterocycles. The third kappa shape index (κ3) is 4.15. The van der Waals surface area contributed by atoms with E-state index in [9.17, 15) is 0 Å². The van der Waals surface area contributed by atoms with Gasteiger partial charge in [0.05, 0.1) is 0 Å². The Labute approximate surface area is 115 Å². The van der Waals surface area contributed by atoms with Gasteiger partial charge in [-0.2, -0.15) is 0 Å². The van der Waals surface area contributed by atoms with E-state index >= 15 is 0 Å². The molecule has 0 amide bonds. The lowest BCUT2D eigenvalue weighted by molar-refractivity contribution is 0.594. The summed E-state index contributed by atoms with van der Waals surface area (Å²) in [5.74, 6) is 0. The first kappa shape index (κ1) is 13.6. The predicted octanol–water partition coefficient (Wildman–Crippen LogP) is 4.49. The molecule has 0 saturated heterocycles. The lowest BCUT2D eigenvalue weighted by Crippen LogP contribution is -2.25. The number of hydrogen-bond donors (Lipinski definition) is 1. The van der Waals surface area contributed by atoms with Crippen molar-refractivity contribution < 1.29 is 0 Å². The average Bonchev–Trinajstić information content (AvgIpc) is 2.31. The van der Waals surface area contributed by atoms with Crippen LogP contribution in [0, 0.1) is 0 Å². The van der Waals surface area contributed by atoms with Crippen LogP contribution in [0.25, 0.3) is 0 Å². The molecule has 0 aliphatic heterocycles. The van der Waals surface area contributed by atoms with Gasteiger partial charge in [-0.3, -0.25) is 0 Å². The lowest BCUT2D eigenvalue weighted by Gasteiger charge is -2.18. The zero-order chi connectivity index (χ0) is 12.8. The normalized spacial score (nSPS) is 21.6. The van der Waals surface area contributed by atoms with Crippen molar-refractivity contribution in [2.75, 3.05) is 0 Å². The maximum atomic E-state index is 6.34. The number of nitrogens with two attached hydrogens (primary N) is 1. The summed E-state index contributed by atoms with van der Waals surface area (Å²) >= 11 is 5.89. The molecule has 18 heavy (non-hydrogen) atoms. The zero-order valence-corrected chi connectivity index (χ0v) is 11.6. The third-order valence-corrected chi connectivity index (χ3v) is 3.92. The van der Waals surface area contributed by atoms with Crippen LogP contribution in [0.3, 0.4) is 0 Å². The van der Waals surface area contributed by atoms with E-state index in [1.54, 1.807) is 0 Å². The van der Waals surface area contributed by atoms with Crippen molar-refractivity contribution >= 4 is 11.6 Å². The summed E-state index contributed by atoms with van der Waals surface area (Å²) < 4.78 is 0. The van der Waals surface area contributed by atoms with Crippen LogP contribution in [0.15, 0.2) is 35.9 Å². The minimum absolute atomic E-state index is 0.171. The van der Waals surface area contributed by atoms with Gasteiger partial charge >= 0.3 is 0 Å². The van der Waals surface area contributed by atoms with Crippen LogP contribution in [-0.2, 0) is 6.42 Å². The van der Waals surface area contributed by atoms with Crippen LogP contribution < -0.4 is 5.73 Å². The molecule has 1 aromatic carbocycles. The molecular weight excluding hydrogens is 242 g/mol. The Hall–Kier alpha value is -0.790. The Kier molecular flexibility index (Phi) is 5.27. The molecule has 1 nitrogen and oxygen atoms in total. The molecule has 0 heterocycles. The molecule has 1 aliphatic carbocycles. The number of allylic oxidation sites excluding steroid dienone is 1. The summed E-state index contributed by atoms with van der Waals surface area (Å²) in [6.45, 7) is 0. The van der Waals surface area contributed by atoms with Crippen LogP contribution in [0.2, 0.25) is 5.02 Å². The Bertz CT molecular complexity index is 394. The van der Waals surface area contributed by atoms with Gasteiger partial charge in [-0.15, -0.1) is 0 Å². The Morgan fingerprint density at radius 2 is 1.78 bits per heavy atom. The Morgan fingerprint density at radius 1 is 1.06 bits per heavy atom. The smallest absolute Gasteiger partial charge is 0.0406 e. The predicted molar refractivity (Wildman–Crippen MR) is 78.9 cm³/mol. The van der Waals surface area contributed by atoms with Crippen LogP contribution >= 0.6 is 11.6 Å². The highest BCUT2D eigenvalue weighted by Crippen LogP contribution is 2.21. The van der Waals surface area contributed by atoms with Crippen molar-refractivity contribution in [2.24, 2.45) is 5.73 Å². The minimum Gasteiger partial charge on any atom is -0.324 e. The average molecular weight is 264 g/mol. The van der Waals surface area contributed by atoms with Crippen LogP contribution in [0.4, 0.5) is 0 Å². The summed E-state index contributed by atoms with van der Waals surface area (Å²) in [6.07, 6.45) is 11.0. The van der Waals surface area contributed by atoms with Gasteiger partial charge in [-0.05, 0) is 49.8 Å². The standard InChI is InChI=1S/C16H22ClN/c17-15-10-8-13(9-11-15)12-16(18)14-6-4-2-1-3-5-7-14/h6,8-11,16H,1-5,7,12,18H2/b14-6+. The summed E-state index contributed by atoms with van der Waals surface area (Å²) in [4.78, 5) is 0.